The molecule has 1 amide bonds. The smallest absolute Gasteiger partial charge is 0.256 e. The van der Waals surface area contributed by atoms with Gasteiger partial charge >= 0.3 is 0 Å². The lowest BCUT2D eigenvalue weighted by molar-refractivity contribution is 0.0709. The molecule has 1 fully saturated rings. The van der Waals surface area contributed by atoms with Gasteiger partial charge in [-0.2, -0.15) is 0 Å². The number of aromatic amines is 1. The molecule has 1 aromatic heterocycles. The van der Waals surface area contributed by atoms with Crippen LogP contribution in [0, 0.1) is 0 Å². The van der Waals surface area contributed by atoms with E-state index >= 15 is 0 Å². The molecule has 1 heterocycles. The van der Waals surface area contributed by atoms with Gasteiger partial charge in [-0.05, 0) is 56.8 Å². The van der Waals surface area contributed by atoms with Crippen LogP contribution in [-0.4, -0.2) is 40.1 Å². The first-order chi connectivity index (χ1) is 9.61. The maximum atomic E-state index is 12.7. The van der Waals surface area contributed by atoms with Crippen LogP contribution in [0.4, 0.5) is 0 Å². The highest BCUT2D eigenvalue weighted by atomic mass is 79.9. The molecule has 0 radical (unpaired) electrons. The standard InChI is InChI=1S/C14H14Br2N2O2/c15-11-5-9-10(7-17-13(9)6-12(11)16)14(20)18(3-4-19)8-1-2-8/h5-8,17,19H,1-4H2. The zero-order chi connectivity index (χ0) is 14.3. The second-order valence-electron chi connectivity index (χ2n) is 4.97. The predicted octanol–water partition coefficient (Wildman–Crippen LogP) is 3.29. The average molecular weight is 402 g/mol. The molecule has 1 aliphatic rings. The summed E-state index contributed by atoms with van der Waals surface area (Å²) in [6, 6.07) is 4.18. The molecule has 20 heavy (non-hydrogen) atoms. The Morgan fingerprint density at radius 1 is 1.35 bits per heavy atom. The molecule has 2 N–H and O–H groups in total. The summed E-state index contributed by atoms with van der Waals surface area (Å²) in [6.07, 6.45) is 3.81. The van der Waals surface area contributed by atoms with Crippen LogP contribution in [0.2, 0.25) is 0 Å². The summed E-state index contributed by atoms with van der Waals surface area (Å²) in [5.74, 6) is -0.0120. The zero-order valence-corrected chi connectivity index (χ0v) is 13.9. The van der Waals surface area contributed by atoms with Gasteiger partial charge in [0, 0.05) is 38.6 Å². The van der Waals surface area contributed by atoms with E-state index in [9.17, 15) is 4.79 Å². The van der Waals surface area contributed by atoms with E-state index in [-0.39, 0.29) is 12.5 Å². The van der Waals surface area contributed by atoms with Gasteiger partial charge < -0.3 is 15.0 Å². The van der Waals surface area contributed by atoms with Crippen LogP contribution in [0.3, 0.4) is 0 Å². The van der Waals surface area contributed by atoms with Crippen molar-refractivity contribution in [3.8, 4) is 0 Å². The fourth-order valence-corrected chi connectivity index (χ4v) is 3.08. The van der Waals surface area contributed by atoms with Crippen molar-refractivity contribution >= 4 is 48.7 Å². The zero-order valence-electron chi connectivity index (χ0n) is 10.7. The Kier molecular flexibility index (Phi) is 3.88. The summed E-state index contributed by atoms with van der Waals surface area (Å²) < 4.78 is 1.86. The predicted molar refractivity (Wildman–Crippen MR) is 84.8 cm³/mol. The van der Waals surface area contributed by atoms with E-state index in [1.54, 1.807) is 11.1 Å². The summed E-state index contributed by atoms with van der Waals surface area (Å²) in [6.45, 7) is 0.397. The molecule has 3 rings (SSSR count). The van der Waals surface area contributed by atoms with Crippen molar-refractivity contribution in [2.75, 3.05) is 13.2 Å². The van der Waals surface area contributed by atoms with Crippen molar-refractivity contribution in [3.05, 3.63) is 32.8 Å². The fourth-order valence-electron chi connectivity index (χ4n) is 2.39. The molecule has 1 saturated carbocycles. The number of aromatic nitrogens is 1. The van der Waals surface area contributed by atoms with Gasteiger partial charge in [-0.3, -0.25) is 4.79 Å². The molecular weight excluding hydrogens is 388 g/mol. The van der Waals surface area contributed by atoms with E-state index in [1.165, 1.54) is 0 Å². The maximum Gasteiger partial charge on any atom is 0.256 e. The summed E-state index contributed by atoms with van der Waals surface area (Å²) in [4.78, 5) is 17.6. The second kappa shape index (κ2) is 5.50. The van der Waals surface area contributed by atoms with Crippen LogP contribution in [0.25, 0.3) is 10.9 Å². The largest absolute Gasteiger partial charge is 0.395 e. The number of halogens is 2. The van der Waals surface area contributed by atoms with Crippen LogP contribution in [-0.2, 0) is 0 Å². The third kappa shape index (κ3) is 2.52. The van der Waals surface area contributed by atoms with Crippen LogP contribution >= 0.6 is 31.9 Å². The van der Waals surface area contributed by atoms with Gasteiger partial charge in [0.2, 0.25) is 0 Å². The minimum absolute atomic E-state index is 0.000161. The lowest BCUT2D eigenvalue weighted by Crippen LogP contribution is -2.35. The Labute approximate surface area is 133 Å². The van der Waals surface area contributed by atoms with Gasteiger partial charge in [-0.15, -0.1) is 0 Å². The molecule has 2 aromatic rings. The maximum absolute atomic E-state index is 12.7. The third-order valence-electron chi connectivity index (χ3n) is 3.54. The fraction of sp³-hybridized carbons (Fsp3) is 0.357. The number of nitrogens with zero attached hydrogens (tertiary/aromatic N) is 1. The van der Waals surface area contributed by atoms with E-state index in [2.05, 4.69) is 36.8 Å². The number of hydrogen-bond donors (Lipinski definition) is 2. The molecule has 1 aromatic carbocycles. The molecule has 0 saturated heterocycles. The van der Waals surface area contributed by atoms with Crippen LogP contribution in [0.15, 0.2) is 27.3 Å². The van der Waals surface area contributed by atoms with Crippen molar-refractivity contribution in [1.82, 2.24) is 9.88 Å². The van der Waals surface area contributed by atoms with E-state index in [4.69, 9.17) is 5.11 Å². The van der Waals surface area contributed by atoms with Crippen molar-refractivity contribution < 1.29 is 9.90 Å². The highest BCUT2D eigenvalue weighted by Crippen LogP contribution is 2.33. The SMILES string of the molecule is O=C(c1c[nH]c2cc(Br)c(Br)cc12)N(CCO)C1CC1. The van der Waals surface area contributed by atoms with Crippen molar-refractivity contribution in [2.24, 2.45) is 0 Å². The van der Waals surface area contributed by atoms with E-state index in [0.29, 0.717) is 18.2 Å². The van der Waals surface area contributed by atoms with E-state index in [1.807, 2.05) is 12.1 Å². The Morgan fingerprint density at radius 3 is 2.70 bits per heavy atom. The number of carbonyl (C=O) groups excluding carboxylic acids is 1. The number of amides is 1. The molecule has 0 unspecified atom stereocenters. The molecule has 106 valence electrons. The van der Waals surface area contributed by atoms with Crippen LogP contribution < -0.4 is 0 Å². The number of benzene rings is 1. The summed E-state index contributed by atoms with van der Waals surface area (Å²) in [5.41, 5.74) is 1.58. The highest BCUT2D eigenvalue weighted by Gasteiger charge is 2.33. The van der Waals surface area contributed by atoms with Gasteiger partial charge in [0.25, 0.3) is 5.91 Å². The van der Waals surface area contributed by atoms with Gasteiger partial charge in [-0.1, -0.05) is 0 Å². The summed E-state index contributed by atoms with van der Waals surface area (Å²) in [5, 5.41) is 10.0. The van der Waals surface area contributed by atoms with E-state index < -0.39 is 0 Å². The van der Waals surface area contributed by atoms with Gasteiger partial charge in [0.15, 0.2) is 0 Å². The number of rotatable bonds is 4. The van der Waals surface area contributed by atoms with Gasteiger partial charge in [0.05, 0.1) is 12.2 Å². The molecule has 0 bridgehead atoms. The topological polar surface area (TPSA) is 56.3 Å². The van der Waals surface area contributed by atoms with Crippen LogP contribution in [0.5, 0.6) is 0 Å². The number of H-pyrrole nitrogens is 1. The van der Waals surface area contributed by atoms with E-state index in [0.717, 1.165) is 32.7 Å². The molecule has 1 aliphatic carbocycles. The Balaban J connectivity index is 2.00. The van der Waals surface area contributed by atoms with Gasteiger partial charge in [-0.25, -0.2) is 0 Å². The Bertz CT molecular complexity index is 664. The Morgan fingerprint density at radius 2 is 2.05 bits per heavy atom. The minimum Gasteiger partial charge on any atom is -0.395 e. The number of hydrogen-bond acceptors (Lipinski definition) is 2. The Hall–Kier alpha value is -0.850. The first-order valence-corrected chi connectivity index (χ1v) is 8.08. The minimum atomic E-state index is -0.0120. The number of nitrogens with one attached hydrogen (secondary N) is 1. The molecule has 0 aliphatic heterocycles. The number of aliphatic hydroxyl groups excluding tert-OH is 1. The molecule has 4 nitrogen and oxygen atoms in total. The summed E-state index contributed by atoms with van der Waals surface area (Å²) in [7, 11) is 0. The van der Waals surface area contributed by atoms with Crippen molar-refractivity contribution in [2.45, 2.75) is 18.9 Å². The number of aliphatic hydroxyl groups is 1. The first kappa shape index (κ1) is 14.1. The lowest BCUT2D eigenvalue weighted by atomic mass is 10.1. The molecular formula is C14H14Br2N2O2. The highest BCUT2D eigenvalue weighted by molar-refractivity contribution is 9.13. The monoisotopic (exact) mass is 400 g/mol. The average Bonchev–Trinajstić information content (AvgIpc) is 3.18. The summed E-state index contributed by atoms with van der Waals surface area (Å²) >= 11 is 6.92. The van der Waals surface area contributed by atoms with Crippen molar-refractivity contribution in [1.29, 1.82) is 0 Å². The number of carbonyl (C=O) groups is 1. The quantitative estimate of drug-likeness (QED) is 0.825. The molecule has 0 atom stereocenters. The lowest BCUT2D eigenvalue weighted by Gasteiger charge is -2.21. The van der Waals surface area contributed by atoms with Gasteiger partial charge in [0.1, 0.15) is 0 Å². The normalized spacial score (nSPS) is 14.8. The third-order valence-corrected chi connectivity index (χ3v) is 5.39. The second-order valence-corrected chi connectivity index (χ2v) is 6.68. The van der Waals surface area contributed by atoms with Crippen LogP contribution in [0.1, 0.15) is 23.2 Å². The first-order valence-electron chi connectivity index (χ1n) is 6.49. The molecule has 0 spiro atoms. The van der Waals surface area contributed by atoms with Crippen molar-refractivity contribution in [3.63, 3.8) is 0 Å². The molecule has 6 heteroatoms. The number of fused-ring (bicyclic) bond motifs is 1.